The highest BCUT2D eigenvalue weighted by atomic mass is 15.1. The lowest BCUT2D eigenvalue weighted by atomic mass is 10.1. The fraction of sp³-hybridized carbons (Fsp3) is 0.294. The summed E-state index contributed by atoms with van der Waals surface area (Å²) in [7, 11) is 0. The normalized spacial score (nSPS) is 12.7. The van der Waals surface area contributed by atoms with Crippen LogP contribution < -0.4 is 5.73 Å². The highest BCUT2D eigenvalue weighted by Gasteiger charge is 2.14. The summed E-state index contributed by atoms with van der Waals surface area (Å²) in [6.45, 7) is 3.15. The summed E-state index contributed by atoms with van der Waals surface area (Å²) in [5.41, 5.74) is 9.60. The summed E-state index contributed by atoms with van der Waals surface area (Å²) in [6, 6.07) is 12.1. The number of nitrogens with zero attached hydrogens (tertiary/aromatic N) is 3. The van der Waals surface area contributed by atoms with E-state index in [0.29, 0.717) is 0 Å². The number of aromatic nitrogens is 3. The zero-order valence-electron chi connectivity index (χ0n) is 12.2. The van der Waals surface area contributed by atoms with Crippen LogP contribution in [0.1, 0.15) is 30.8 Å². The highest BCUT2D eigenvalue weighted by molar-refractivity contribution is 5.75. The molecule has 0 aliphatic heterocycles. The number of hydrogen-bond acceptors (Lipinski definition) is 3. The van der Waals surface area contributed by atoms with E-state index in [9.17, 15) is 0 Å². The van der Waals surface area contributed by atoms with E-state index < -0.39 is 0 Å². The molecule has 4 heteroatoms. The molecule has 0 spiro atoms. The Labute approximate surface area is 124 Å². The lowest BCUT2D eigenvalue weighted by molar-refractivity contribution is 0.609. The fourth-order valence-electron chi connectivity index (χ4n) is 2.66. The molecule has 3 rings (SSSR count). The summed E-state index contributed by atoms with van der Waals surface area (Å²) >= 11 is 0. The van der Waals surface area contributed by atoms with Crippen molar-refractivity contribution in [3.63, 3.8) is 0 Å². The average molecular weight is 280 g/mol. The van der Waals surface area contributed by atoms with Crippen LogP contribution in [-0.2, 0) is 13.0 Å². The molecule has 21 heavy (non-hydrogen) atoms. The molecule has 2 N–H and O–H groups in total. The molecular weight excluding hydrogens is 260 g/mol. The highest BCUT2D eigenvalue weighted by Crippen LogP contribution is 2.21. The zero-order valence-corrected chi connectivity index (χ0v) is 12.2. The Morgan fingerprint density at radius 2 is 2.05 bits per heavy atom. The van der Waals surface area contributed by atoms with Gasteiger partial charge in [0.15, 0.2) is 0 Å². The smallest absolute Gasteiger partial charge is 0.111 e. The first-order valence-electron chi connectivity index (χ1n) is 7.39. The van der Waals surface area contributed by atoms with Crippen molar-refractivity contribution < 1.29 is 0 Å². The molecule has 0 bridgehead atoms. The molecule has 3 aromatic rings. The molecular formula is C17H20N4. The van der Waals surface area contributed by atoms with Crippen molar-refractivity contribution in [3.05, 3.63) is 60.2 Å². The summed E-state index contributed by atoms with van der Waals surface area (Å²) in [5, 5.41) is 0. The van der Waals surface area contributed by atoms with E-state index in [2.05, 4.69) is 34.7 Å². The Bertz CT molecular complexity index is 718. The van der Waals surface area contributed by atoms with E-state index in [-0.39, 0.29) is 6.04 Å². The molecule has 1 aromatic carbocycles. The van der Waals surface area contributed by atoms with Crippen molar-refractivity contribution in [2.24, 2.45) is 5.73 Å². The second-order valence-electron chi connectivity index (χ2n) is 5.27. The van der Waals surface area contributed by atoms with Crippen LogP contribution in [0.2, 0.25) is 0 Å². The SMILES string of the molecule is CCCn1c(CC(N)c2cccnc2)nc2ccccc21. The third-order valence-electron chi connectivity index (χ3n) is 3.70. The topological polar surface area (TPSA) is 56.7 Å². The molecule has 2 heterocycles. The van der Waals surface area contributed by atoms with Gasteiger partial charge in [0.2, 0.25) is 0 Å². The molecule has 1 unspecified atom stereocenters. The molecule has 0 aliphatic rings. The Kier molecular flexibility index (Phi) is 3.97. The predicted molar refractivity (Wildman–Crippen MR) is 84.9 cm³/mol. The van der Waals surface area contributed by atoms with E-state index in [1.165, 1.54) is 5.52 Å². The van der Waals surface area contributed by atoms with Gasteiger partial charge in [-0.3, -0.25) is 4.98 Å². The number of rotatable bonds is 5. The lowest BCUT2D eigenvalue weighted by Gasteiger charge is -2.13. The number of aryl methyl sites for hydroxylation is 1. The summed E-state index contributed by atoms with van der Waals surface area (Å²) in [6.07, 6.45) is 5.40. The monoisotopic (exact) mass is 280 g/mol. The van der Waals surface area contributed by atoms with Crippen LogP contribution in [0.4, 0.5) is 0 Å². The maximum absolute atomic E-state index is 6.32. The van der Waals surface area contributed by atoms with Crippen LogP contribution in [0.15, 0.2) is 48.8 Å². The predicted octanol–water partition coefficient (Wildman–Crippen LogP) is 3.08. The lowest BCUT2D eigenvalue weighted by Crippen LogP contribution is -2.16. The second-order valence-corrected chi connectivity index (χ2v) is 5.27. The number of fused-ring (bicyclic) bond motifs is 1. The van der Waals surface area contributed by atoms with Crippen molar-refractivity contribution in [1.82, 2.24) is 14.5 Å². The van der Waals surface area contributed by atoms with Crippen LogP contribution in [-0.4, -0.2) is 14.5 Å². The van der Waals surface area contributed by atoms with Crippen LogP contribution >= 0.6 is 0 Å². The minimum Gasteiger partial charge on any atom is -0.328 e. The van der Waals surface area contributed by atoms with E-state index in [1.54, 1.807) is 6.20 Å². The van der Waals surface area contributed by atoms with Gasteiger partial charge in [-0.1, -0.05) is 25.1 Å². The van der Waals surface area contributed by atoms with E-state index in [1.807, 2.05) is 24.4 Å². The number of pyridine rings is 1. The van der Waals surface area contributed by atoms with Crippen LogP contribution in [0, 0.1) is 0 Å². The summed E-state index contributed by atoms with van der Waals surface area (Å²) in [4.78, 5) is 8.90. The van der Waals surface area contributed by atoms with Crippen molar-refractivity contribution in [2.75, 3.05) is 0 Å². The average Bonchev–Trinajstić information content (AvgIpc) is 2.86. The first kappa shape index (κ1) is 13.8. The quantitative estimate of drug-likeness (QED) is 0.781. The van der Waals surface area contributed by atoms with Gasteiger partial charge in [0.25, 0.3) is 0 Å². The van der Waals surface area contributed by atoms with Crippen LogP contribution in [0.5, 0.6) is 0 Å². The Morgan fingerprint density at radius 1 is 1.19 bits per heavy atom. The number of hydrogen-bond donors (Lipinski definition) is 1. The summed E-state index contributed by atoms with van der Waals surface area (Å²) in [5.74, 6) is 1.05. The standard InChI is InChI=1S/C17H20N4/c1-2-10-21-16-8-4-3-7-15(16)20-17(21)11-14(18)13-6-5-9-19-12-13/h3-9,12,14H,2,10-11,18H2,1H3. The van der Waals surface area contributed by atoms with E-state index in [4.69, 9.17) is 10.7 Å². The molecule has 0 aliphatic carbocycles. The fourth-order valence-corrected chi connectivity index (χ4v) is 2.66. The van der Waals surface area contributed by atoms with Crippen LogP contribution in [0.3, 0.4) is 0 Å². The van der Waals surface area contributed by atoms with Crippen molar-refractivity contribution >= 4 is 11.0 Å². The van der Waals surface area contributed by atoms with Gasteiger partial charge in [0.1, 0.15) is 5.82 Å². The molecule has 0 saturated carbocycles. The molecule has 0 radical (unpaired) electrons. The molecule has 2 aromatic heterocycles. The largest absolute Gasteiger partial charge is 0.328 e. The van der Waals surface area contributed by atoms with E-state index >= 15 is 0 Å². The van der Waals surface area contributed by atoms with Gasteiger partial charge in [-0.2, -0.15) is 0 Å². The Morgan fingerprint density at radius 3 is 2.81 bits per heavy atom. The van der Waals surface area contributed by atoms with Crippen LogP contribution in [0.25, 0.3) is 11.0 Å². The molecule has 1 atom stereocenters. The molecule has 108 valence electrons. The number of nitrogens with two attached hydrogens (primary N) is 1. The minimum absolute atomic E-state index is 0.0777. The van der Waals surface area contributed by atoms with E-state index in [0.717, 1.165) is 36.3 Å². The van der Waals surface area contributed by atoms with Gasteiger partial charge in [-0.25, -0.2) is 4.98 Å². The Balaban J connectivity index is 1.94. The Hall–Kier alpha value is -2.20. The van der Waals surface area contributed by atoms with Crippen molar-refractivity contribution in [2.45, 2.75) is 32.4 Å². The molecule has 0 saturated heterocycles. The third-order valence-corrected chi connectivity index (χ3v) is 3.70. The van der Waals surface area contributed by atoms with Crippen molar-refractivity contribution in [3.8, 4) is 0 Å². The van der Waals surface area contributed by atoms with Gasteiger partial charge >= 0.3 is 0 Å². The van der Waals surface area contributed by atoms with Gasteiger partial charge in [-0.15, -0.1) is 0 Å². The first-order valence-corrected chi connectivity index (χ1v) is 7.39. The third kappa shape index (κ3) is 2.81. The molecule has 4 nitrogen and oxygen atoms in total. The van der Waals surface area contributed by atoms with Gasteiger partial charge < -0.3 is 10.3 Å². The zero-order chi connectivity index (χ0) is 14.7. The maximum Gasteiger partial charge on any atom is 0.111 e. The van der Waals surface area contributed by atoms with Crippen molar-refractivity contribution in [1.29, 1.82) is 0 Å². The number of benzene rings is 1. The summed E-state index contributed by atoms with van der Waals surface area (Å²) < 4.78 is 2.28. The van der Waals surface area contributed by atoms with Gasteiger partial charge in [0.05, 0.1) is 11.0 Å². The molecule has 0 fully saturated rings. The number of para-hydroxylation sites is 2. The minimum atomic E-state index is -0.0777. The maximum atomic E-state index is 6.32. The van der Waals surface area contributed by atoms with Gasteiger partial charge in [0, 0.05) is 31.4 Å². The van der Waals surface area contributed by atoms with Gasteiger partial charge in [-0.05, 0) is 30.2 Å². The number of imidazole rings is 1. The first-order chi connectivity index (χ1) is 10.3. The second kappa shape index (κ2) is 6.06. The molecule has 0 amide bonds.